The van der Waals surface area contributed by atoms with E-state index >= 15 is 0 Å². The van der Waals surface area contributed by atoms with Crippen LogP contribution in [-0.4, -0.2) is 60.1 Å². The molecule has 1 fully saturated rings. The van der Waals surface area contributed by atoms with Gasteiger partial charge in [0, 0.05) is 19.9 Å². The minimum atomic E-state index is -1.19. The second kappa shape index (κ2) is 14.8. The number of benzene rings is 2. The van der Waals surface area contributed by atoms with E-state index in [4.69, 9.17) is 33.2 Å². The van der Waals surface area contributed by atoms with Crippen LogP contribution in [0.3, 0.4) is 0 Å². The molecular weight excluding hydrogens is 616 g/mol. The third kappa shape index (κ3) is 9.69. The van der Waals surface area contributed by atoms with Gasteiger partial charge in [-0.05, 0) is 83.2 Å². The normalized spacial score (nSPS) is 22.1. The lowest BCUT2D eigenvalue weighted by atomic mass is 9.97. The largest absolute Gasteiger partial charge is 0.497 e. The second-order valence-electron chi connectivity index (χ2n) is 14.3. The van der Waals surface area contributed by atoms with Crippen molar-refractivity contribution in [2.45, 2.75) is 111 Å². The van der Waals surface area contributed by atoms with Gasteiger partial charge in [-0.25, -0.2) is 4.79 Å². The maximum Gasteiger partial charge on any atom is 0.345 e. The number of cyclic esters (lactones) is 1. The molecule has 0 unspecified atom stereocenters. The summed E-state index contributed by atoms with van der Waals surface area (Å²) in [5, 5.41) is 10.1. The molecular formula is C38H50O10. The van der Waals surface area contributed by atoms with Gasteiger partial charge in [-0.3, -0.25) is 4.79 Å². The number of methoxy groups -OCH3 is 1. The van der Waals surface area contributed by atoms with E-state index in [-0.39, 0.29) is 23.0 Å². The lowest BCUT2D eigenvalue weighted by molar-refractivity contribution is -0.156. The highest BCUT2D eigenvalue weighted by Gasteiger charge is 2.44. The number of esters is 2. The summed E-state index contributed by atoms with van der Waals surface area (Å²) in [5.41, 5.74) is 0.927. The number of hydrogen-bond acceptors (Lipinski definition) is 10. The lowest BCUT2D eigenvalue weighted by Gasteiger charge is -2.32. The fourth-order valence-electron chi connectivity index (χ4n) is 5.19. The summed E-state index contributed by atoms with van der Waals surface area (Å²) in [7, 11) is 1.62. The average Bonchev–Trinajstić information content (AvgIpc) is 3.29. The van der Waals surface area contributed by atoms with Crippen LogP contribution in [0.5, 0.6) is 17.2 Å². The van der Waals surface area contributed by atoms with Crippen molar-refractivity contribution < 1.29 is 47.9 Å². The van der Waals surface area contributed by atoms with Gasteiger partial charge in [-0.15, -0.1) is 0 Å². The molecule has 0 saturated carbocycles. The summed E-state index contributed by atoms with van der Waals surface area (Å²) in [4.78, 5) is 25.8. The lowest BCUT2D eigenvalue weighted by Crippen LogP contribution is -2.39. The number of rotatable bonds is 12. The van der Waals surface area contributed by atoms with Gasteiger partial charge in [-0.1, -0.05) is 43.4 Å². The van der Waals surface area contributed by atoms with Gasteiger partial charge >= 0.3 is 11.9 Å². The van der Waals surface area contributed by atoms with Crippen LogP contribution in [0, 0.1) is 11.3 Å². The van der Waals surface area contributed by atoms with Crippen molar-refractivity contribution in [3.05, 3.63) is 71.3 Å². The second-order valence-corrected chi connectivity index (χ2v) is 14.3. The molecule has 0 aromatic heterocycles. The Hall–Kier alpha value is -3.70. The molecule has 2 aliphatic heterocycles. The highest BCUT2D eigenvalue weighted by atomic mass is 16.8. The van der Waals surface area contributed by atoms with Gasteiger partial charge in [0.25, 0.3) is 0 Å². The van der Waals surface area contributed by atoms with Crippen LogP contribution >= 0.6 is 0 Å². The number of carbonyl (C=O) groups excluding carboxylic acids is 2. The van der Waals surface area contributed by atoms with Gasteiger partial charge < -0.3 is 38.3 Å². The van der Waals surface area contributed by atoms with E-state index in [1.165, 1.54) is 6.07 Å². The first-order chi connectivity index (χ1) is 22.4. The minimum absolute atomic E-state index is 0.108. The van der Waals surface area contributed by atoms with Gasteiger partial charge in [0.05, 0.1) is 31.3 Å². The third-order valence-electron chi connectivity index (χ3n) is 8.01. The minimum Gasteiger partial charge on any atom is -0.497 e. The number of ether oxygens (including phenoxy) is 7. The molecule has 5 atom stereocenters. The van der Waals surface area contributed by atoms with Crippen LogP contribution in [0.1, 0.15) is 90.2 Å². The first-order valence-corrected chi connectivity index (χ1v) is 16.3. The number of carbonyl (C=O) groups is 2. The van der Waals surface area contributed by atoms with Crippen molar-refractivity contribution in [1.82, 2.24) is 0 Å². The van der Waals surface area contributed by atoms with E-state index in [1.807, 2.05) is 63.3 Å². The molecule has 1 saturated heterocycles. The Kier molecular flexibility index (Phi) is 11.5. The van der Waals surface area contributed by atoms with E-state index in [1.54, 1.807) is 60.8 Å². The number of aliphatic hydroxyl groups excluding tert-OH is 1. The molecule has 0 spiro atoms. The molecule has 48 heavy (non-hydrogen) atoms. The molecule has 2 aromatic rings. The summed E-state index contributed by atoms with van der Waals surface area (Å²) in [6.07, 6.45) is 5.92. The summed E-state index contributed by atoms with van der Waals surface area (Å²) in [6.45, 7) is 16.3. The Labute approximate surface area is 283 Å². The van der Waals surface area contributed by atoms with Crippen molar-refractivity contribution in [3.63, 3.8) is 0 Å². The monoisotopic (exact) mass is 666 g/mol. The Morgan fingerprint density at radius 2 is 1.67 bits per heavy atom. The molecule has 2 heterocycles. The SMILES string of the molecule is COc1ccc(CO[C@H](C=C[C@@H](C)[C@H](C)O)[C@H]2OC(C)(C)O[C@H]2CC=Cc2cc(OC(=O)C(C)(C)C)cc3c2C(=O)OC(C)(C)O3)cc1. The molecule has 0 bridgehead atoms. The van der Waals surface area contributed by atoms with Gasteiger partial charge in [0.2, 0.25) is 5.79 Å². The topological polar surface area (TPSA) is 119 Å². The van der Waals surface area contributed by atoms with Crippen LogP contribution in [-0.2, 0) is 30.3 Å². The zero-order valence-electron chi connectivity index (χ0n) is 29.7. The van der Waals surface area contributed by atoms with Crippen LogP contribution in [0.2, 0.25) is 0 Å². The molecule has 10 nitrogen and oxygen atoms in total. The van der Waals surface area contributed by atoms with Crippen molar-refractivity contribution >= 4 is 18.0 Å². The predicted molar refractivity (Wildman–Crippen MR) is 181 cm³/mol. The van der Waals surface area contributed by atoms with Gasteiger partial charge in [0.15, 0.2) is 5.79 Å². The van der Waals surface area contributed by atoms with Crippen LogP contribution in [0.15, 0.2) is 54.6 Å². The standard InChI is InChI=1S/C38H50O10/c1-23(24(2)39)14-19-29(43-22-25-15-17-27(42-10)18-16-25)33-30(45-37(6,7)47-33)13-11-12-26-20-28(44-35(41)36(3,4)5)21-31-32(26)34(40)48-38(8,9)46-31/h11-12,14-21,23-24,29-30,33,39H,13,22H2,1-10H3/t23-,24+,29-,30+,33-/m1/s1. The summed E-state index contributed by atoms with van der Waals surface area (Å²) in [6, 6.07) is 10.8. The van der Waals surface area contributed by atoms with Crippen LogP contribution < -0.4 is 14.2 Å². The molecule has 0 aliphatic carbocycles. The number of aliphatic hydroxyl groups is 1. The average molecular weight is 667 g/mol. The highest BCUT2D eigenvalue weighted by Crippen LogP contribution is 2.39. The smallest absolute Gasteiger partial charge is 0.345 e. The van der Waals surface area contributed by atoms with Gasteiger partial charge in [0.1, 0.15) is 35.0 Å². The third-order valence-corrected chi connectivity index (χ3v) is 8.01. The number of hydrogen-bond donors (Lipinski definition) is 1. The van der Waals surface area contributed by atoms with Crippen LogP contribution in [0.25, 0.3) is 6.08 Å². The quantitative estimate of drug-likeness (QED) is 0.144. The Bertz CT molecular complexity index is 1500. The van der Waals surface area contributed by atoms with E-state index in [2.05, 4.69) is 0 Å². The molecule has 2 aliphatic rings. The van der Waals surface area contributed by atoms with Crippen LogP contribution in [0.4, 0.5) is 0 Å². The zero-order valence-corrected chi connectivity index (χ0v) is 29.7. The van der Waals surface area contributed by atoms with Crippen molar-refractivity contribution in [2.24, 2.45) is 11.3 Å². The fourth-order valence-corrected chi connectivity index (χ4v) is 5.19. The molecule has 4 rings (SSSR count). The Morgan fingerprint density at radius 1 is 0.979 bits per heavy atom. The van der Waals surface area contributed by atoms with Crippen molar-refractivity contribution in [2.75, 3.05) is 7.11 Å². The first kappa shape index (κ1) is 37.1. The summed E-state index contributed by atoms with van der Waals surface area (Å²) >= 11 is 0. The Morgan fingerprint density at radius 3 is 2.29 bits per heavy atom. The molecule has 0 radical (unpaired) electrons. The molecule has 262 valence electrons. The molecule has 2 aromatic carbocycles. The van der Waals surface area contributed by atoms with E-state index in [9.17, 15) is 14.7 Å². The van der Waals surface area contributed by atoms with Crippen molar-refractivity contribution in [3.8, 4) is 17.2 Å². The summed E-state index contributed by atoms with van der Waals surface area (Å²) in [5.74, 6) is -1.88. The zero-order chi connectivity index (χ0) is 35.4. The number of fused-ring (bicyclic) bond motifs is 1. The molecule has 10 heteroatoms. The van der Waals surface area contributed by atoms with E-state index in [0.29, 0.717) is 18.6 Å². The molecule has 0 amide bonds. The van der Waals surface area contributed by atoms with Crippen molar-refractivity contribution in [1.29, 1.82) is 0 Å². The summed E-state index contributed by atoms with van der Waals surface area (Å²) < 4.78 is 41.6. The fraction of sp³-hybridized carbons (Fsp3) is 0.526. The highest BCUT2D eigenvalue weighted by molar-refractivity contribution is 5.98. The first-order valence-electron chi connectivity index (χ1n) is 16.3. The molecule has 1 N–H and O–H groups in total. The Balaban J connectivity index is 1.62. The predicted octanol–water partition coefficient (Wildman–Crippen LogP) is 7.01. The van der Waals surface area contributed by atoms with Gasteiger partial charge in [-0.2, -0.15) is 0 Å². The maximum absolute atomic E-state index is 13.1. The van der Waals surface area contributed by atoms with E-state index in [0.717, 1.165) is 11.3 Å². The van der Waals surface area contributed by atoms with E-state index < -0.39 is 53.3 Å². The maximum atomic E-state index is 13.1.